The van der Waals surface area contributed by atoms with Crippen LogP contribution in [0.4, 0.5) is 0 Å². The summed E-state index contributed by atoms with van der Waals surface area (Å²) in [6.07, 6.45) is 4.70. The number of hydrogen-bond acceptors (Lipinski definition) is 4. The first-order chi connectivity index (χ1) is 12.0. The van der Waals surface area contributed by atoms with Gasteiger partial charge in [-0.2, -0.15) is 0 Å². The van der Waals surface area contributed by atoms with Crippen LogP contribution in [0.2, 0.25) is 0 Å². The number of likely N-dealkylation sites (tertiary alicyclic amines) is 1. The lowest BCUT2D eigenvalue weighted by atomic mass is 10.0. The number of aryl methyl sites for hydroxylation is 2. The van der Waals surface area contributed by atoms with Crippen LogP contribution >= 0.6 is 0 Å². The third kappa shape index (κ3) is 3.52. The highest BCUT2D eigenvalue weighted by Crippen LogP contribution is 2.23. The largest absolute Gasteiger partial charge is 0.338 e. The molecule has 6 nitrogen and oxygen atoms in total. The van der Waals surface area contributed by atoms with Crippen LogP contribution in [0.1, 0.15) is 41.4 Å². The van der Waals surface area contributed by atoms with Gasteiger partial charge in [0, 0.05) is 60.7 Å². The molecule has 130 valence electrons. The Morgan fingerprint density at radius 3 is 2.60 bits per heavy atom. The number of carbonyl (C=O) groups is 2. The lowest BCUT2D eigenvalue weighted by molar-refractivity contribution is -0.120. The molecule has 0 bridgehead atoms. The molecule has 1 aliphatic rings. The van der Waals surface area contributed by atoms with Crippen LogP contribution in [-0.4, -0.2) is 39.6 Å². The Bertz CT molecular complexity index is 876. The monoisotopic (exact) mass is 339 g/mol. The minimum Gasteiger partial charge on any atom is -0.338 e. The van der Waals surface area contributed by atoms with E-state index in [-0.39, 0.29) is 17.2 Å². The van der Waals surface area contributed by atoms with Crippen LogP contribution in [0.5, 0.6) is 0 Å². The van der Waals surface area contributed by atoms with Crippen molar-refractivity contribution in [1.29, 1.82) is 0 Å². The molecule has 0 spiro atoms. The molecule has 2 aromatic rings. The minimum absolute atomic E-state index is 0.0816. The predicted octanol–water partition coefficient (Wildman–Crippen LogP) is 2.11. The van der Waals surface area contributed by atoms with E-state index in [9.17, 15) is 14.4 Å². The Morgan fingerprint density at radius 2 is 1.92 bits per heavy atom. The molecule has 0 unspecified atom stereocenters. The predicted molar refractivity (Wildman–Crippen MR) is 94.6 cm³/mol. The molecule has 0 aromatic carbocycles. The molecule has 0 saturated carbocycles. The van der Waals surface area contributed by atoms with E-state index in [1.165, 1.54) is 0 Å². The molecule has 3 rings (SSSR count). The molecule has 0 atom stereocenters. The summed E-state index contributed by atoms with van der Waals surface area (Å²) in [6, 6.07) is 3.66. The van der Waals surface area contributed by atoms with Gasteiger partial charge >= 0.3 is 0 Å². The van der Waals surface area contributed by atoms with Crippen molar-refractivity contribution >= 4 is 11.7 Å². The summed E-state index contributed by atoms with van der Waals surface area (Å²) in [7, 11) is 0. The first-order valence-electron chi connectivity index (χ1n) is 8.48. The molecule has 6 heteroatoms. The van der Waals surface area contributed by atoms with Crippen LogP contribution in [0.3, 0.4) is 0 Å². The fourth-order valence-corrected chi connectivity index (χ4v) is 3.07. The van der Waals surface area contributed by atoms with Crippen molar-refractivity contribution in [2.24, 2.45) is 0 Å². The molecular formula is C19H21N3O3. The minimum atomic E-state index is -0.111. The number of hydrogen-bond donors (Lipinski definition) is 1. The summed E-state index contributed by atoms with van der Waals surface area (Å²) >= 11 is 0. The fourth-order valence-electron chi connectivity index (χ4n) is 3.07. The highest BCUT2D eigenvalue weighted by Gasteiger charge is 2.22. The Hall–Kier alpha value is -2.76. The number of ketones is 1. The van der Waals surface area contributed by atoms with E-state index in [4.69, 9.17) is 0 Å². The lowest BCUT2D eigenvalue weighted by Gasteiger charge is -2.26. The number of nitrogens with zero attached hydrogens (tertiary/aromatic N) is 2. The van der Waals surface area contributed by atoms with Gasteiger partial charge in [0.05, 0.1) is 5.56 Å². The van der Waals surface area contributed by atoms with Crippen molar-refractivity contribution in [1.82, 2.24) is 14.9 Å². The highest BCUT2D eigenvalue weighted by molar-refractivity contribution is 5.96. The van der Waals surface area contributed by atoms with Gasteiger partial charge in [-0.1, -0.05) is 6.92 Å². The number of nitrogens with one attached hydrogen (secondary N) is 1. The first kappa shape index (κ1) is 17.1. The summed E-state index contributed by atoms with van der Waals surface area (Å²) < 4.78 is 0. The number of aromatic amines is 1. The van der Waals surface area contributed by atoms with Gasteiger partial charge < -0.3 is 9.88 Å². The molecule has 2 aromatic heterocycles. The topological polar surface area (TPSA) is 83.1 Å². The van der Waals surface area contributed by atoms with Crippen molar-refractivity contribution in [3.05, 3.63) is 51.7 Å². The molecule has 3 heterocycles. The lowest BCUT2D eigenvalue weighted by Crippen LogP contribution is -2.38. The van der Waals surface area contributed by atoms with Crippen molar-refractivity contribution in [2.75, 3.05) is 13.1 Å². The van der Waals surface area contributed by atoms with E-state index in [0.717, 1.165) is 16.8 Å². The standard InChI is InChI=1S/C19H21N3O3/c1-3-13-9-17(12(2)21-18(13)24)14-8-15(11-20-10-14)19(25)22-6-4-16(23)5-7-22/h8-11H,3-7H2,1-2H3,(H,21,24). The molecule has 1 amide bonds. The maximum Gasteiger partial charge on any atom is 0.255 e. The third-order valence-corrected chi connectivity index (χ3v) is 4.60. The van der Waals surface area contributed by atoms with Gasteiger partial charge in [0.2, 0.25) is 0 Å². The van der Waals surface area contributed by atoms with Crippen LogP contribution in [0, 0.1) is 6.92 Å². The van der Waals surface area contributed by atoms with Crippen LogP contribution < -0.4 is 5.56 Å². The number of piperidine rings is 1. The Balaban J connectivity index is 1.93. The quantitative estimate of drug-likeness (QED) is 0.928. The van der Waals surface area contributed by atoms with E-state index in [1.54, 1.807) is 23.4 Å². The first-order valence-corrected chi connectivity index (χ1v) is 8.48. The molecular weight excluding hydrogens is 318 g/mol. The number of H-pyrrole nitrogens is 1. The zero-order valence-electron chi connectivity index (χ0n) is 14.5. The number of carbonyl (C=O) groups excluding carboxylic acids is 2. The number of rotatable bonds is 3. The summed E-state index contributed by atoms with van der Waals surface area (Å²) in [6.45, 7) is 4.68. The molecule has 1 fully saturated rings. The van der Waals surface area contributed by atoms with Gasteiger partial charge in [-0.05, 0) is 25.5 Å². The number of amides is 1. The van der Waals surface area contributed by atoms with Crippen molar-refractivity contribution in [3.8, 4) is 11.1 Å². The van der Waals surface area contributed by atoms with E-state index < -0.39 is 0 Å². The van der Waals surface area contributed by atoms with Crippen molar-refractivity contribution in [2.45, 2.75) is 33.1 Å². The summed E-state index contributed by atoms with van der Waals surface area (Å²) in [4.78, 5) is 44.7. The third-order valence-electron chi connectivity index (χ3n) is 4.60. The van der Waals surface area contributed by atoms with Gasteiger partial charge in [0.25, 0.3) is 11.5 Å². The van der Waals surface area contributed by atoms with E-state index in [1.807, 2.05) is 19.9 Å². The molecule has 1 aliphatic heterocycles. The summed E-state index contributed by atoms with van der Waals surface area (Å²) in [5.41, 5.74) is 3.52. The molecule has 0 aliphatic carbocycles. The molecule has 1 N–H and O–H groups in total. The van der Waals surface area contributed by atoms with Crippen LogP contribution in [-0.2, 0) is 11.2 Å². The average molecular weight is 339 g/mol. The zero-order chi connectivity index (χ0) is 18.0. The summed E-state index contributed by atoms with van der Waals surface area (Å²) in [5, 5.41) is 0. The number of aromatic nitrogens is 2. The SMILES string of the molecule is CCc1cc(-c2cncc(C(=O)N3CCC(=O)CC3)c2)c(C)[nH]c1=O. The second kappa shape index (κ2) is 7.01. The second-order valence-corrected chi connectivity index (χ2v) is 6.31. The van der Waals surface area contributed by atoms with Crippen LogP contribution in [0.15, 0.2) is 29.3 Å². The maximum absolute atomic E-state index is 12.7. The molecule has 25 heavy (non-hydrogen) atoms. The van der Waals surface area contributed by atoms with Gasteiger partial charge in [0.15, 0.2) is 0 Å². The maximum atomic E-state index is 12.7. The number of Topliss-reactive ketones (excluding diaryl/α,β-unsaturated/α-hetero) is 1. The van der Waals surface area contributed by atoms with Gasteiger partial charge in [-0.3, -0.25) is 19.4 Å². The second-order valence-electron chi connectivity index (χ2n) is 6.31. The van der Waals surface area contributed by atoms with Crippen molar-refractivity contribution < 1.29 is 9.59 Å². The normalized spacial score (nSPS) is 14.6. The zero-order valence-corrected chi connectivity index (χ0v) is 14.5. The highest BCUT2D eigenvalue weighted by atomic mass is 16.2. The van der Waals surface area contributed by atoms with Gasteiger partial charge in [0.1, 0.15) is 5.78 Å². The van der Waals surface area contributed by atoms with Crippen LogP contribution in [0.25, 0.3) is 11.1 Å². The van der Waals surface area contributed by atoms with E-state index >= 15 is 0 Å². The molecule has 0 radical (unpaired) electrons. The van der Waals surface area contributed by atoms with Gasteiger partial charge in [-0.15, -0.1) is 0 Å². The summed E-state index contributed by atoms with van der Waals surface area (Å²) in [5.74, 6) is 0.0894. The Morgan fingerprint density at radius 1 is 1.20 bits per heavy atom. The fraction of sp³-hybridized carbons (Fsp3) is 0.368. The average Bonchev–Trinajstić information content (AvgIpc) is 2.62. The number of pyridine rings is 2. The smallest absolute Gasteiger partial charge is 0.255 e. The van der Waals surface area contributed by atoms with Crippen molar-refractivity contribution in [3.63, 3.8) is 0 Å². The van der Waals surface area contributed by atoms with Gasteiger partial charge in [-0.25, -0.2) is 0 Å². The van der Waals surface area contributed by atoms with E-state index in [2.05, 4.69) is 9.97 Å². The molecule has 1 saturated heterocycles. The Labute approximate surface area is 145 Å². The van der Waals surface area contributed by atoms with E-state index in [0.29, 0.717) is 43.5 Å². The Kier molecular flexibility index (Phi) is 4.79.